The van der Waals surface area contributed by atoms with Gasteiger partial charge in [0.25, 0.3) is 0 Å². The molecule has 0 saturated heterocycles. The van der Waals surface area contributed by atoms with Gasteiger partial charge in [-0.25, -0.2) is 9.78 Å². The Kier molecular flexibility index (Phi) is 6.35. The number of carbonyl (C=O) groups is 2. The zero-order valence-electron chi connectivity index (χ0n) is 19.3. The van der Waals surface area contributed by atoms with E-state index in [4.69, 9.17) is 4.74 Å². The topological polar surface area (TPSA) is 93.2 Å². The molecule has 4 rings (SSSR count). The molecular formula is C25H29N4O3P. The lowest BCUT2D eigenvalue weighted by Crippen LogP contribution is -2.27. The number of nitrogens with one attached hydrogen (secondary N) is 2. The van der Waals surface area contributed by atoms with Gasteiger partial charge in [0.05, 0.1) is 5.69 Å². The quantitative estimate of drug-likeness (QED) is 0.493. The number of hydrogen-bond donors (Lipinski definition) is 2. The van der Waals surface area contributed by atoms with E-state index in [1.807, 2.05) is 51.2 Å². The Hall–Kier alpha value is -3.05. The molecule has 1 saturated carbocycles. The van der Waals surface area contributed by atoms with E-state index in [9.17, 15) is 9.59 Å². The van der Waals surface area contributed by atoms with E-state index in [1.165, 1.54) is 0 Å². The van der Waals surface area contributed by atoms with Crippen LogP contribution in [-0.4, -0.2) is 33.2 Å². The van der Waals surface area contributed by atoms with Gasteiger partial charge in [-0.2, -0.15) is 0 Å². The maximum absolute atomic E-state index is 12.5. The fourth-order valence-corrected chi connectivity index (χ4v) is 4.19. The smallest absolute Gasteiger partial charge is 0.412 e. The number of hydrogen-bond acceptors (Lipinski definition) is 5. The van der Waals surface area contributed by atoms with Crippen LogP contribution in [0.1, 0.15) is 39.7 Å². The van der Waals surface area contributed by atoms with E-state index in [0.29, 0.717) is 17.2 Å². The van der Waals surface area contributed by atoms with Crippen LogP contribution in [0.5, 0.6) is 0 Å². The van der Waals surface area contributed by atoms with Crippen LogP contribution in [0.3, 0.4) is 0 Å². The summed E-state index contributed by atoms with van der Waals surface area (Å²) in [5.74, 6) is 0.482. The lowest BCUT2D eigenvalue weighted by Gasteiger charge is -2.20. The van der Waals surface area contributed by atoms with Gasteiger partial charge < -0.3 is 10.1 Å². The van der Waals surface area contributed by atoms with Crippen LogP contribution in [0.25, 0.3) is 21.9 Å². The first-order chi connectivity index (χ1) is 15.6. The maximum atomic E-state index is 12.5. The van der Waals surface area contributed by atoms with Gasteiger partial charge in [-0.05, 0) is 80.1 Å². The molecule has 3 unspecified atom stereocenters. The second kappa shape index (κ2) is 9.06. The number of anilines is 2. The molecule has 1 aliphatic rings. The molecule has 172 valence electrons. The van der Waals surface area contributed by atoms with Crippen molar-refractivity contribution < 1.29 is 14.3 Å². The van der Waals surface area contributed by atoms with Crippen molar-refractivity contribution in [2.75, 3.05) is 10.6 Å². The molecule has 2 aromatic heterocycles. The largest absolute Gasteiger partial charge is 0.444 e. The Balaban J connectivity index is 1.76. The molecule has 1 fully saturated rings. The van der Waals surface area contributed by atoms with Crippen LogP contribution in [0.4, 0.5) is 16.3 Å². The monoisotopic (exact) mass is 464 g/mol. The van der Waals surface area contributed by atoms with Crippen molar-refractivity contribution >= 4 is 43.5 Å². The molecule has 1 aromatic carbocycles. The Morgan fingerprint density at radius 3 is 2.61 bits per heavy atom. The highest BCUT2D eigenvalue weighted by atomic mass is 31.0. The third-order valence-electron chi connectivity index (χ3n) is 5.50. The maximum Gasteiger partial charge on any atom is 0.412 e. The number of nitrogens with zero attached hydrogens (tertiary/aromatic N) is 2. The SMILES string of the molecule is CCc1ccncc1-c1cc(NC(=O)OC(C)(C)C)c2cnc(NC(=O)C3CC3P)cc2c1. The zero-order chi connectivity index (χ0) is 23.8. The fraction of sp³-hybridized carbons (Fsp3) is 0.360. The van der Waals surface area contributed by atoms with Crippen LogP contribution in [-0.2, 0) is 16.0 Å². The molecule has 0 radical (unpaired) electrons. The first-order valence-corrected chi connectivity index (χ1v) is 11.7. The Bertz CT molecular complexity index is 1220. The van der Waals surface area contributed by atoms with Crippen LogP contribution < -0.4 is 10.6 Å². The third-order valence-corrected chi connectivity index (χ3v) is 6.24. The first-order valence-electron chi connectivity index (χ1n) is 11.1. The molecule has 0 bridgehead atoms. The average molecular weight is 465 g/mol. The van der Waals surface area contributed by atoms with Crippen LogP contribution in [0, 0.1) is 5.92 Å². The Morgan fingerprint density at radius 2 is 1.94 bits per heavy atom. The molecule has 0 aliphatic heterocycles. The highest BCUT2D eigenvalue weighted by Crippen LogP contribution is 2.39. The van der Waals surface area contributed by atoms with E-state index in [2.05, 4.69) is 36.8 Å². The van der Waals surface area contributed by atoms with E-state index in [1.54, 1.807) is 12.4 Å². The number of pyridine rings is 2. The average Bonchev–Trinajstić information content (AvgIpc) is 3.48. The number of amides is 2. The molecule has 3 atom stereocenters. The van der Waals surface area contributed by atoms with E-state index >= 15 is 0 Å². The lowest BCUT2D eigenvalue weighted by atomic mass is 9.97. The Morgan fingerprint density at radius 1 is 1.18 bits per heavy atom. The second-order valence-electron chi connectivity index (χ2n) is 9.32. The highest BCUT2D eigenvalue weighted by molar-refractivity contribution is 7.18. The van der Waals surface area contributed by atoms with Crippen molar-refractivity contribution in [2.24, 2.45) is 5.92 Å². The lowest BCUT2D eigenvalue weighted by molar-refractivity contribution is -0.117. The standard InChI is InChI=1S/C25H29N4O3P/c1-5-14-6-7-26-12-18(14)15-8-16-10-22(29-23(30)17-11-21(17)33)27-13-19(16)20(9-15)28-24(31)32-25(2,3)4/h6-10,12-13,17,21H,5,11,33H2,1-4H3,(H,28,31)(H,27,29,30). The number of aryl methyl sites for hydroxylation is 1. The molecular weight excluding hydrogens is 435 g/mol. The van der Waals surface area contributed by atoms with Crippen molar-refractivity contribution in [3.8, 4) is 11.1 Å². The van der Waals surface area contributed by atoms with Gasteiger partial charge in [-0.3, -0.25) is 15.1 Å². The van der Waals surface area contributed by atoms with Gasteiger partial charge in [0.1, 0.15) is 11.4 Å². The fourth-order valence-electron chi connectivity index (χ4n) is 3.73. The minimum Gasteiger partial charge on any atom is -0.444 e. The minimum absolute atomic E-state index is 0.0192. The van der Waals surface area contributed by atoms with Crippen LogP contribution >= 0.6 is 9.24 Å². The summed E-state index contributed by atoms with van der Waals surface area (Å²) in [5.41, 5.74) is 3.34. The molecule has 33 heavy (non-hydrogen) atoms. The number of ether oxygens (including phenoxy) is 1. The number of fused-ring (bicyclic) bond motifs is 1. The summed E-state index contributed by atoms with van der Waals surface area (Å²) in [7, 11) is 2.69. The van der Waals surface area contributed by atoms with Crippen molar-refractivity contribution in [3.05, 3.63) is 48.4 Å². The van der Waals surface area contributed by atoms with Gasteiger partial charge in [-0.1, -0.05) is 6.92 Å². The van der Waals surface area contributed by atoms with Gasteiger partial charge in [0, 0.05) is 35.5 Å². The summed E-state index contributed by atoms with van der Waals surface area (Å²) in [4.78, 5) is 33.6. The van der Waals surface area contributed by atoms with E-state index in [-0.39, 0.29) is 11.8 Å². The molecule has 8 heteroatoms. The second-order valence-corrected chi connectivity index (χ2v) is 10.2. The van der Waals surface area contributed by atoms with E-state index in [0.717, 1.165) is 40.3 Å². The third kappa shape index (κ3) is 5.48. The normalized spacial score (nSPS) is 17.5. The summed E-state index contributed by atoms with van der Waals surface area (Å²) < 4.78 is 5.46. The number of rotatable bonds is 5. The summed E-state index contributed by atoms with van der Waals surface area (Å²) in [6.07, 6.45) is 6.45. The zero-order valence-corrected chi connectivity index (χ0v) is 20.5. The van der Waals surface area contributed by atoms with Gasteiger partial charge in [0.15, 0.2) is 0 Å². The number of aromatic nitrogens is 2. The Labute approximate surface area is 195 Å². The molecule has 2 heterocycles. The summed E-state index contributed by atoms with van der Waals surface area (Å²) in [6, 6.07) is 7.76. The van der Waals surface area contributed by atoms with Gasteiger partial charge >= 0.3 is 6.09 Å². The minimum atomic E-state index is -0.621. The summed E-state index contributed by atoms with van der Waals surface area (Å²) in [5, 5.41) is 7.37. The molecule has 2 N–H and O–H groups in total. The first kappa shape index (κ1) is 23.1. The van der Waals surface area contributed by atoms with Crippen LogP contribution in [0.15, 0.2) is 42.9 Å². The molecule has 7 nitrogen and oxygen atoms in total. The van der Waals surface area contributed by atoms with Gasteiger partial charge in [0.2, 0.25) is 5.91 Å². The predicted molar refractivity (Wildman–Crippen MR) is 134 cm³/mol. The predicted octanol–water partition coefficient (Wildman–Crippen LogP) is 5.41. The number of carbonyl (C=O) groups excluding carboxylic acids is 2. The summed E-state index contributed by atoms with van der Waals surface area (Å²) >= 11 is 0. The molecule has 2 amide bonds. The number of benzene rings is 1. The van der Waals surface area contributed by atoms with E-state index < -0.39 is 11.7 Å². The van der Waals surface area contributed by atoms with Crippen molar-refractivity contribution in [3.63, 3.8) is 0 Å². The van der Waals surface area contributed by atoms with Crippen molar-refractivity contribution in [1.82, 2.24) is 9.97 Å². The van der Waals surface area contributed by atoms with Crippen molar-refractivity contribution in [1.29, 1.82) is 0 Å². The molecule has 1 aliphatic carbocycles. The summed E-state index contributed by atoms with van der Waals surface area (Å²) in [6.45, 7) is 7.55. The molecule has 0 spiro atoms. The van der Waals surface area contributed by atoms with Crippen LogP contribution in [0.2, 0.25) is 0 Å². The highest BCUT2D eigenvalue weighted by Gasteiger charge is 2.39. The molecule has 3 aromatic rings. The van der Waals surface area contributed by atoms with Gasteiger partial charge in [-0.15, -0.1) is 9.24 Å². The van der Waals surface area contributed by atoms with Crippen molar-refractivity contribution in [2.45, 2.75) is 51.8 Å².